The van der Waals surface area contributed by atoms with Crippen LogP contribution in [0, 0.1) is 5.82 Å². The van der Waals surface area contributed by atoms with Crippen molar-refractivity contribution in [3.8, 4) is 11.5 Å². The molecule has 9 nitrogen and oxygen atoms in total. The summed E-state index contributed by atoms with van der Waals surface area (Å²) in [5, 5.41) is 14.5. The summed E-state index contributed by atoms with van der Waals surface area (Å²) in [7, 11) is 0. The van der Waals surface area contributed by atoms with Crippen LogP contribution in [0.3, 0.4) is 0 Å². The van der Waals surface area contributed by atoms with E-state index in [1.54, 1.807) is 23.1 Å². The molecule has 32 heavy (non-hydrogen) atoms. The van der Waals surface area contributed by atoms with Crippen LogP contribution in [0.1, 0.15) is 33.7 Å². The number of hydrogen-bond acceptors (Lipinski definition) is 7. The molecule has 3 amide bonds. The molecule has 1 fully saturated rings. The Morgan fingerprint density at radius 1 is 1.03 bits per heavy atom. The zero-order chi connectivity index (χ0) is 22.1. The summed E-state index contributed by atoms with van der Waals surface area (Å²) in [5.74, 6) is 0.423. The number of hydrogen-bond donors (Lipinski definition) is 2. The van der Waals surface area contributed by atoms with E-state index in [1.165, 1.54) is 24.3 Å². The van der Waals surface area contributed by atoms with Gasteiger partial charge in [0.05, 0.1) is 6.04 Å². The number of carbonyl (C=O) groups excluding carboxylic acids is 2. The number of amides is 3. The molecule has 0 saturated carbocycles. The summed E-state index contributed by atoms with van der Waals surface area (Å²) in [6.45, 7) is 0.703. The summed E-state index contributed by atoms with van der Waals surface area (Å²) < 4.78 is 23.7. The van der Waals surface area contributed by atoms with E-state index in [9.17, 15) is 14.0 Å². The highest BCUT2D eigenvalue weighted by Crippen LogP contribution is 2.36. The van der Waals surface area contributed by atoms with Gasteiger partial charge >= 0.3 is 6.03 Å². The van der Waals surface area contributed by atoms with E-state index in [2.05, 4.69) is 20.8 Å². The first-order valence-corrected chi connectivity index (χ1v) is 10.8. The SMILES string of the molecule is O=C(Nc1ccc2c(c1)OCO2)c1nnc([C@@H]2CCCN2C(=O)Nc2ccc(F)cc2)s1. The van der Waals surface area contributed by atoms with E-state index in [0.29, 0.717) is 34.4 Å². The average Bonchev–Trinajstić information content (AvgIpc) is 3.54. The molecule has 3 heterocycles. The fraction of sp³-hybridized carbons (Fsp3) is 0.238. The molecule has 2 N–H and O–H groups in total. The van der Waals surface area contributed by atoms with E-state index in [0.717, 1.165) is 24.2 Å². The maximum Gasteiger partial charge on any atom is 0.322 e. The van der Waals surface area contributed by atoms with Crippen LogP contribution in [-0.2, 0) is 0 Å². The number of carbonyl (C=O) groups is 2. The lowest BCUT2D eigenvalue weighted by molar-refractivity contribution is 0.102. The molecular formula is C21H18FN5O4S. The van der Waals surface area contributed by atoms with E-state index in [4.69, 9.17) is 9.47 Å². The van der Waals surface area contributed by atoms with Gasteiger partial charge in [0.2, 0.25) is 11.8 Å². The van der Waals surface area contributed by atoms with Gasteiger partial charge in [-0.05, 0) is 49.2 Å². The summed E-state index contributed by atoms with van der Waals surface area (Å²) in [6, 6.07) is 10.1. The van der Waals surface area contributed by atoms with Gasteiger partial charge in [-0.3, -0.25) is 4.79 Å². The number of nitrogens with one attached hydrogen (secondary N) is 2. The smallest absolute Gasteiger partial charge is 0.322 e. The molecule has 1 saturated heterocycles. The fourth-order valence-corrected chi connectivity index (χ4v) is 4.50. The third kappa shape index (κ3) is 4.06. The number of rotatable bonds is 4. The van der Waals surface area contributed by atoms with Gasteiger partial charge in [0, 0.05) is 24.0 Å². The van der Waals surface area contributed by atoms with Crippen molar-refractivity contribution in [3.63, 3.8) is 0 Å². The Balaban J connectivity index is 1.26. The number of urea groups is 1. The molecule has 0 bridgehead atoms. The number of halogens is 1. The minimum atomic E-state index is -0.395. The molecule has 0 radical (unpaired) electrons. The maximum absolute atomic E-state index is 13.1. The predicted molar refractivity (Wildman–Crippen MR) is 115 cm³/mol. The van der Waals surface area contributed by atoms with Gasteiger partial charge < -0.3 is 25.0 Å². The van der Waals surface area contributed by atoms with Gasteiger partial charge in [0.15, 0.2) is 11.5 Å². The molecule has 2 aliphatic rings. The Morgan fingerprint density at radius 3 is 2.66 bits per heavy atom. The van der Waals surface area contributed by atoms with Gasteiger partial charge in [0.25, 0.3) is 5.91 Å². The van der Waals surface area contributed by atoms with Crippen LogP contribution in [-0.4, -0.2) is 40.4 Å². The molecule has 0 aliphatic carbocycles. The normalized spacial score (nSPS) is 16.8. The van der Waals surface area contributed by atoms with E-state index >= 15 is 0 Å². The second-order valence-corrected chi connectivity index (χ2v) is 8.27. The molecular weight excluding hydrogens is 437 g/mol. The highest BCUT2D eigenvalue weighted by molar-refractivity contribution is 7.13. The Bertz CT molecular complexity index is 1170. The number of aromatic nitrogens is 2. The standard InChI is InChI=1S/C21H18FN5O4S/c22-12-3-5-13(6-4-12)24-21(29)27-9-1-2-15(27)19-25-26-20(32-19)18(28)23-14-7-8-16-17(10-14)31-11-30-16/h3-8,10,15H,1-2,9,11H2,(H,23,28)(H,24,29)/t15-/m0/s1. The second-order valence-electron chi connectivity index (χ2n) is 7.26. The minimum Gasteiger partial charge on any atom is -0.454 e. The number of fused-ring (bicyclic) bond motifs is 1. The first-order chi connectivity index (χ1) is 15.6. The lowest BCUT2D eigenvalue weighted by Gasteiger charge is -2.23. The quantitative estimate of drug-likeness (QED) is 0.615. The van der Waals surface area contributed by atoms with Gasteiger partial charge in [-0.25, -0.2) is 9.18 Å². The number of anilines is 2. The molecule has 1 atom stereocenters. The summed E-state index contributed by atoms with van der Waals surface area (Å²) in [4.78, 5) is 27.0. The van der Waals surface area contributed by atoms with Crippen LogP contribution in [0.15, 0.2) is 42.5 Å². The van der Waals surface area contributed by atoms with Crippen molar-refractivity contribution in [1.29, 1.82) is 0 Å². The Morgan fingerprint density at radius 2 is 1.81 bits per heavy atom. The predicted octanol–water partition coefficient (Wildman–Crippen LogP) is 4.03. The average molecular weight is 455 g/mol. The summed E-state index contributed by atoms with van der Waals surface area (Å²) in [5.41, 5.74) is 1.06. The Hall–Kier alpha value is -3.73. The Labute approximate surface area is 186 Å². The van der Waals surface area contributed by atoms with Crippen LogP contribution in [0.25, 0.3) is 0 Å². The summed E-state index contributed by atoms with van der Waals surface area (Å²) >= 11 is 1.15. The van der Waals surface area contributed by atoms with Gasteiger partial charge in [-0.1, -0.05) is 11.3 Å². The molecule has 164 valence electrons. The van der Waals surface area contributed by atoms with Gasteiger partial charge in [-0.15, -0.1) is 10.2 Å². The van der Waals surface area contributed by atoms with E-state index in [-0.39, 0.29) is 29.7 Å². The highest BCUT2D eigenvalue weighted by atomic mass is 32.1. The highest BCUT2D eigenvalue weighted by Gasteiger charge is 2.33. The third-order valence-corrected chi connectivity index (χ3v) is 6.18. The second kappa shape index (κ2) is 8.42. The number of benzene rings is 2. The molecule has 0 spiro atoms. The summed E-state index contributed by atoms with van der Waals surface area (Å²) in [6.07, 6.45) is 1.52. The van der Waals surface area contributed by atoms with Crippen molar-refractivity contribution in [3.05, 3.63) is 58.3 Å². The molecule has 5 rings (SSSR count). The number of likely N-dealkylation sites (tertiary alicyclic amines) is 1. The van der Waals surface area contributed by atoms with Crippen molar-refractivity contribution in [2.45, 2.75) is 18.9 Å². The zero-order valence-electron chi connectivity index (χ0n) is 16.7. The van der Waals surface area contributed by atoms with Crippen molar-refractivity contribution in [1.82, 2.24) is 15.1 Å². The number of nitrogens with zero attached hydrogens (tertiary/aromatic N) is 3. The van der Waals surface area contributed by atoms with Crippen LogP contribution in [0.4, 0.5) is 20.6 Å². The van der Waals surface area contributed by atoms with Crippen molar-refractivity contribution >= 4 is 34.6 Å². The Kier molecular flexibility index (Phi) is 5.31. The van der Waals surface area contributed by atoms with Crippen LogP contribution in [0.2, 0.25) is 0 Å². The molecule has 2 aromatic carbocycles. The lowest BCUT2D eigenvalue weighted by Crippen LogP contribution is -2.34. The minimum absolute atomic E-state index is 0.152. The monoisotopic (exact) mass is 455 g/mol. The lowest BCUT2D eigenvalue weighted by atomic mass is 10.2. The molecule has 2 aliphatic heterocycles. The topological polar surface area (TPSA) is 106 Å². The third-order valence-electron chi connectivity index (χ3n) is 5.16. The van der Waals surface area contributed by atoms with Gasteiger partial charge in [0.1, 0.15) is 10.8 Å². The fourth-order valence-electron chi connectivity index (χ4n) is 3.61. The van der Waals surface area contributed by atoms with E-state index < -0.39 is 5.91 Å². The van der Waals surface area contributed by atoms with Gasteiger partial charge in [-0.2, -0.15) is 0 Å². The molecule has 3 aromatic rings. The molecule has 11 heteroatoms. The number of ether oxygens (including phenoxy) is 2. The molecule has 0 unspecified atom stereocenters. The van der Waals surface area contributed by atoms with Crippen molar-refractivity contribution in [2.75, 3.05) is 24.0 Å². The van der Waals surface area contributed by atoms with E-state index in [1.807, 2.05) is 0 Å². The first-order valence-electron chi connectivity index (χ1n) is 9.94. The van der Waals surface area contributed by atoms with Crippen molar-refractivity contribution < 1.29 is 23.5 Å². The van der Waals surface area contributed by atoms with Crippen LogP contribution in [0.5, 0.6) is 11.5 Å². The maximum atomic E-state index is 13.1. The largest absolute Gasteiger partial charge is 0.454 e. The van der Waals surface area contributed by atoms with Crippen molar-refractivity contribution in [2.24, 2.45) is 0 Å². The zero-order valence-corrected chi connectivity index (χ0v) is 17.5. The molecule has 1 aromatic heterocycles. The van der Waals surface area contributed by atoms with Crippen LogP contribution < -0.4 is 20.1 Å². The van der Waals surface area contributed by atoms with Crippen LogP contribution >= 0.6 is 11.3 Å². The first kappa shape index (κ1) is 20.2.